The van der Waals surface area contributed by atoms with E-state index in [2.05, 4.69) is 21.6 Å². The van der Waals surface area contributed by atoms with Crippen LogP contribution in [0.15, 0.2) is 53.5 Å². The first kappa shape index (κ1) is 22.1. The van der Waals surface area contributed by atoms with Crippen molar-refractivity contribution >= 4 is 17.6 Å². The average molecular weight is 438 g/mol. The van der Waals surface area contributed by atoms with Gasteiger partial charge in [-0.2, -0.15) is 0 Å². The molecule has 2 aliphatic heterocycles. The van der Waals surface area contributed by atoms with Gasteiger partial charge >= 0.3 is 6.03 Å². The Morgan fingerprint density at radius 3 is 2.66 bits per heavy atom. The van der Waals surface area contributed by atoms with Crippen LogP contribution in [0.4, 0.5) is 10.5 Å². The van der Waals surface area contributed by atoms with Crippen molar-refractivity contribution in [3.8, 4) is 0 Å². The SMILES string of the molecule is CC(C)NC(=O)N1CC2CCC(CNC(=O)Cn3ccccc3=O)N2Cc2ccccc21. The van der Waals surface area contributed by atoms with Crippen LogP contribution in [0.5, 0.6) is 0 Å². The van der Waals surface area contributed by atoms with Gasteiger partial charge in [-0.1, -0.05) is 24.3 Å². The van der Waals surface area contributed by atoms with Gasteiger partial charge in [0.15, 0.2) is 0 Å². The molecule has 8 nitrogen and oxygen atoms in total. The zero-order valence-corrected chi connectivity index (χ0v) is 18.7. The molecule has 0 spiro atoms. The number of hydrogen-bond donors (Lipinski definition) is 2. The van der Waals surface area contributed by atoms with E-state index in [-0.39, 0.29) is 42.2 Å². The van der Waals surface area contributed by atoms with Crippen molar-refractivity contribution in [3.05, 3.63) is 64.6 Å². The van der Waals surface area contributed by atoms with Gasteiger partial charge in [-0.3, -0.25) is 19.4 Å². The summed E-state index contributed by atoms with van der Waals surface area (Å²) in [5, 5.41) is 6.03. The molecule has 32 heavy (non-hydrogen) atoms. The topological polar surface area (TPSA) is 86.7 Å². The summed E-state index contributed by atoms with van der Waals surface area (Å²) in [6, 6.07) is 13.3. The lowest BCUT2D eigenvalue weighted by atomic mass is 10.1. The van der Waals surface area contributed by atoms with Crippen molar-refractivity contribution in [2.45, 2.75) is 57.9 Å². The highest BCUT2D eigenvalue weighted by atomic mass is 16.2. The van der Waals surface area contributed by atoms with Crippen molar-refractivity contribution < 1.29 is 9.59 Å². The highest BCUT2D eigenvalue weighted by Crippen LogP contribution is 2.34. The van der Waals surface area contributed by atoms with Crippen LogP contribution < -0.4 is 21.1 Å². The van der Waals surface area contributed by atoms with Crippen molar-refractivity contribution in [2.75, 3.05) is 18.0 Å². The number of rotatable bonds is 5. The van der Waals surface area contributed by atoms with Gasteiger partial charge in [0.05, 0.1) is 0 Å². The first-order valence-corrected chi connectivity index (χ1v) is 11.3. The number of anilines is 1. The van der Waals surface area contributed by atoms with Crippen LogP contribution in [0.1, 0.15) is 32.3 Å². The fourth-order valence-corrected chi connectivity index (χ4v) is 4.65. The molecule has 4 rings (SSSR count). The van der Waals surface area contributed by atoms with E-state index < -0.39 is 0 Å². The lowest BCUT2D eigenvalue weighted by Gasteiger charge is -2.30. The lowest BCUT2D eigenvalue weighted by Crippen LogP contribution is -2.49. The predicted octanol–water partition coefficient (Wildman–Crippen LogP) is 1.94. The summed E-state index contributed by atoms with van der Waals surface area (Å²) in [5.41, 5.74) is 1.88. The lowest BCUT2D eigenvalue weighted by molar-refractivity contribution is -0.121. The van der Waals surface area contributed by atoms with E-state index in [9.17, 15) is 14.4 Å². The van der Waals surface area contributed by atoms with Crippen LogP contribution in [0, 0.1) is 0 Å². The van der Waals surface area contributed by atoms with Crippen LogP contribution in [0.2, 0.25) is 0 Å². The monoisotopic (exact) mass is 437 g/mol. The molecule has 1 fully saturated rings. The Morgan fingerprint density at radius 1 is 1.09 bits per heavy atom. The normalized spacial score (nSPS) is 20.4. The van der Waals surface area contributed by atoms with Crippen molar-refractivity contribution in [1.82, 2.24) is 20.1 Å². The number of benzene rings is 1. The summed E-state index contributed by atoms with van der Waals surface area (Å²) < 4.78 is 1.40. The second-order valence-corrected chi connectivity index (χ2v) is 8.87. The summed E-state index contributed by atoms with van der Waals surface area (Å²) in [4.78, 5) is 41.5. The van der Waals surface area contributed by atoms with Crippen LogP contribution in [0.25, 0.3) is 0 Å². The Bertz CT molecular complexity index is 1030. The minimum absolute atomic E-state index is 0.0157. The molecule has 1 aromatic carbocycles. The summed E-state index contributed by atoms with van der Waals surface area (Å²) in [6.45, 7) is 5.83. The molecule has 8 heteroatoms. The van der Waals surface area contributed by atoms with Gasteiger partial charge in [0.25, 0.3) is 5.56 Å². The van der Waals surface area contributed by atoms with Crippen molar-refractivity contribution in [1.29, 1.82) is 0 Å². The molecular weight excluding hydrogens is 406 g/mol. The van der Waals surface area contributed by atoms with Gasteiger partial charge in [0.1, 0.15) is 6.54 Å². The molecule has 2 N–H and O–H groups in total. The molecule has 2 atom stereocenters. The van der Waals surface area contributed by atoms with E-state index in [1.54, 1.807) is 18.3 Å². The van der Waals surface area contributed by atoms with Gasteiger partial charge in [0.2, 0.25) is 5.91 Å². The third kappa shape index (κ3) is 4.85. The van der Waals surface area contributed by atoms with E-state index in [0.29, 0.717) is 13.1 Å². The molecule has 2 unspecified atom stereocenters. The zero-order chi connectivity index (χ0) is 22.7. The number of urea groups is 1. The van der Waals surface area contributed by atoms with E-state index in [1.807, 2.05) is 36.9 Å². The number of para-hydroxylation sites is 1. The molecule has 0 aliphatic carbocycles. The second-order valence-electron chi connectivity index (χ2n) is 8.87. The Labute approximate surface area is 188 Å². The molecule has 0 radical (unpaired) electrons. The summed E-state index contributed by atoms with van der Waals surface area (Å²) in [6.07, 6.45) is 3.55. The summed E-state index contributed by atoms with van der Waals surface area (Å²) in [7, 11) is 0. The smallest absolute Gasteiger partial charge is 0.322 e. The molecule has 0 bridgehead atoms. The van der Waals surface area contributed by atoms with E-state index in [4.69, 9.17) is 0 Å². The molecular formula is C24H31N5O3. The summed E-state index contributed by atoms with van der Waals surface area (Å²) >= 11 is 0. The van der Waals surface area contributed by atoms with Crippen LogP contribution in [-0.2, 0) is 17.9 Å². The molecule has 2 aliphatic rings. The van der Waals surface area contributed by atoms with Crippen LogP contribution >= 0.6 is 0 Å². The van der Waals surface area contributed by atoms with E-state index in [1.165, 1.54) is 10.6 Å². The predicted molar refractivity (Wildman–Crippen MR) is 124 cm³/mol. The Morgan fingerprint density at radius 2 is 1.88 bits per heavy atom. The third-order valence-corrected chi connectivity index (χ3v) is 6.20. The Hall–Kier alpha value is -3.13. The number of hydrogen-bond acceptors (Lipinski definition) is 4. The number of carbonyl (C=O) groups excluding carboxylic acids is 2. The first-order valence-electron chi connectivity index (χ1n) is 11.3. The maximum Gasteiger partial charge on any atom is 0.322 e. The largest absolute Gasteiger partial charge is 0.353 e. The van der Waals surface area contributed by atoms with Crippen molar-refractivity contribution in [3.63, 3.8) is 0 Å². The van der Waals surface area contributed by atoms with Crippen LogP contribution in [0.3, 0.4) is 0 Å². The Kier molecular flexibility index (Phi) is 6.60. The van der Waals surface area contributed by atoms with Gasteiger partial charge in [-0.05, 0) is 44.4 Å². The maximum absolute atomic E-state index is 12.9. The van der Waals surface area contributed by atoms with Gasteiger partial charge < -0.3 is 15.2 Å². The molecule has 3 amide bonds. The average Bonchev–Trinajstić information content (AvgIpc) is 3.04. The Balaban J connectivity index is 1.44. The van der Waals surface area contributed by atoms with Crippen molar-refractivity contribution in [2.24, 2.45) is 0 Å². The molecule has 1 aromatic heterocycles. The highest BCUT2D eigenvalue weighted by Gasteiger charge is 2.38. The van der Waals surface area contributed by atoms with E-state index >= 15 is 0 Å². The quantitative estimate of drug-likeness (QED) is 0.749. The second kappa shape index (κ2) is 9.56. The standard InChI is InChI=1S/C24H31N5O3/c1-17(2)26-24(32)29-15-20-11-10-19(28(20)14-18-7-3-4-8-21(18)29)13-25-22(30)16-27-12-6-5-9-23(27)31/h3-9,12,17,19-20H,10-11,13-16H2,1-2H3,(H,25,30)(H,26,32). The number of nitrogens with one attached hydrogen (secondary N) is 2. The molecule has 1 saturated heterocycles. The number of aromatic nitrogens is 1. The van der Waals surface area contributed by atoms with Gasteiger partial charge in [-0.15, -0.1) is 0 Å². The highest BCUT2D eigenvalue weighted by molar-refractivity contribution is 5.93. The number of pyridine rings is 1. The van der Waals surface area contributed by atoms with E-state index in [0.717, 1.165) is 30.6 Å². The first-order chi connectivity index (χ1) is 15.4. The van der Waals surface area contributed by atoms with Gasteiger partial charge in [0, 0.05) is 55.7 Å². The maximum atomic E-state index is 12.9. The van der Waals surface area contributed by atoms with Gasteiger partial charge in [-0.25, -0.2) is 4.79 Å². The fourth-order valence-electron chi connectivity index (χ4n) is 4.65. The number of carbonyl (C=O) groups is 2. The fraction of sp³-hybridized carbons (Fsp3) is 0.458. The third-order valence-electron chi connectivity index (χ3n) is 6.20. The number of amides is 3. The number of fused-ring (bicyclic) bond motifs is 2. The molecule has 170 valence electrons. The zero-order valence-electron chi connectivity index (χ0n) is 18.7. The minimum Gasteiger partial charge on any atom is -0.353 e. The molecule has 2 aromatic rings. The molecule has 0 saturated carbocycles. The van der Waals surface area contributed by atoms with Crippen LogP contribution in [-0.4, -0.2) is 52.6 Å². The number of nitrogens with zero attached hydrogens (tertiary/aromatic N) is 3. The molecule has 3 heterocycles. The summed E-state index contributed by atoms with van der Waals surface area (Å²) in [5.74, 6) is -0.171. The minimum atomic E-state index is -0.188.